The van der Waals surface area contributed by atoms with Gasteiger partial charge in [0.15, 0.2) is 11.2 Å². The Balaban J connectivity index is 0.000000168. The van der Waals surface area contributed by atoms with Crippen LogP contribution in [0, 0.1) is 0 Å². The Morgan fingerprint density at radius 3 is 2.06 bits per heavy atom. The molecule has 6 atom stereocenters. The predicted molar refractivity (Wildman–Crippen MR) is 117 cm³/mol. The molecule has 0 bridgehead atoms. The van der Waals surface area contributed by atoms with Crippen molar-refractivity contribution in [3.63, 3.8) is 0 Å². The van der Waals surface area contributed by atoms with Crippen molar-refractivity contribution in [2.24, 2.45) is 0 Å². The molecule has 3 aromatic rings. The van der Waals surface area contributed by atoms with E-state index >= 15 is 0 Å². The van der Waals surface area contributed by atoms with Crippen molar-refractivity contribution in [3.05, 3.63) is 33.5 Å². The smallest absolute Gasteiger partial charge is 0.354 e. The number of nitrogens with one attached hydrogen (secondary N) is 1. The van der Waals surface area contributed by atoms with Gasteiger partial charge in [-0.2, -0.15) is 9.97 Å². The molecule has 2 fully saturated rings. The summed E-state index contributed by atoms with van der Waals surface area (Å²) >= 11 is 0. The molecular weight excluding hydrogens is 470 g/mol. The van der Waals surface area contributed by atoms with Crippen molar-refractivity contribution < 1.29 is 29.9 Å². The van der Waals surface area contributed by atoms with E-state index in [-0.39, 0.29) is 49.1 Å². The topological polar surface area (TPSA) is 263 Å². The normalized spacial score (nSPS) is 28.2. The maximum atomic E-state index is 11.6. The first-order valence-corrected chi connectivity index (χ1v) is 10.5. The Labute approximate surface area is 195 Å². The molecule has 0 aromatic carbocycles. The van der Waals surface area contributed by atoms with Gasteiger partial charge in [-0.3, -0.25) is 18.9 Å². The number of nitrogens with two attached hydrogens (primary N) is 2. The highest BCUT2D eigenvalue weighted by molar-refractivity contribution is 5.70. The van der Waals surface area contributed by atoms with Crippen LogP contribution in [0.1, 0.15) is 25.3 Å². The SMILES string of the molecule is Nc1nc2c(ncn2C2C[C@H](O)[C@@H](CO)O2)c(=O)[nH]1.Nc1ncn([C@H]2C[C@H](O)[C@@H](CO)O2)c(=O)n1. The number of aliphatic hydroxyl groups excluding tert-OH is 4. The van der Waals surface area contributed by atoms with Crippen LogP contribution in [0.4, 0.5) is 11.9 Å². The molecule has 0 radical (unpaired) electrons. The highest BCUT2D eigenvalue weighted by Crippen LogP contribution is 2.30. The summed E-state index contributed by atoms with van der Waals surface area (Å²) in [5.74, 6) is -0.130. The van der Waals surface area contributed by atoms with Crippen LogP contribution in [0.3, 0.4) is 0 Å². The van der Waals surface area contributed by atoms with Crippen molar-refractivity contribution >= 4 is 23.1 Å². The number of hydrogen-bond acceptors (Lipinski definition) is 14. The highest BCUT2D eigenvalue weighted by Gasteiger charge is 2.36. The summed E-state index contributed by atoms with van der Waals surface area (Å²) in [6.45, 7) is -0.581. The Hall–Kier alpha value is -3.48. The number of aromatic amines is 1. The summed E-state index contributed by atoms with van der Waals surface area (Å²) in [7, 11) is 0. The molecule has 9 N–H and O–H groups in total. The minimum atomic E-state index is -0.806. The van der Waals surface area contributed by atoms with Gasteiger partial charge in [0.05, 0.1) is 31.7 Å². The number of anilines is 2. The molecule has 1 unspecified atom stereocenters. The van der Waals surface area contributed by atoms with Gasteiger partial charge in [-0.25, -0.2) is 14.8 Å². The monoisotopic (exact) mass is 495 g/mol. The number of hydrogen-bond donors (Lipinski definition) is 7. The lowest BCUT2D eigenvalue weighted by Crippen LogP contribution is -2.28. The van der Waals surface area contributed by atoms with E-state index in [0.717, 1.165) is 4.57 Å². The lowest BCUT2D eigenvalue weighted by atomic mass is 10.2. The first kappa shape index (κ1) is 24.6. The number of ether oxygens (including phenoxy) is 2. The van der Waals surface area contributed by atoms with Crippen LogP contribution in [0.15, 0.2) is 22.2 Å². The van der Waals surface area contributed by atoms with Crippen LogP contribution in [0.2, 0.25) is 0 Å². The quantitative estimate of drug-likeness (QED) is 0.183. The van der Waals surface area contributed by atoms with Crippen molar-refractivity contribution in [1.82, 2.24) is 34.1 Å². The van der Waals surface area contributed by atoms with Gasteiger partial charge in [-0.15, -0.1) is 0 Å². The van der Waals surface area contributed by atoms with Crippen LogP contribution in [0.5, 0.6) is 0 Å². The summed E-state index contributed by atoms with van der Waals surface area (Å²) < 4.78 is 13.4. The summed E-state index contributed by atoms with van der Waals surface area (Å²) in [6, 6.07) is 0. The fraction of sp³-hybridized carbons (Fsp3) is 0.556. The predicted octanol–water partition coefficient (Wildman–Crippen LogP) is -3.80. The number of fused-ring (bicyclic) bond motifs is 1. The number of rotatable bonds is 4. The molecule has 190 valence electrons. The third-order valence-corrected chi connectivity index (χ3v) is 5.58. The summed E-state index contributed by atoms with van der Waals surface area (Å²) in [4.78, 5) is 40.5. The Bertz CT molecular complexity index is 1290. The van der Waals surface area contributed by atoms with Crippen LogP contribution >= 0.6 is 0 Å². The number of nitrogen functional groups attached to an aromatic ring is 2. The highest BCUT2D eigenvalue weighted by atomic mass is 16.5. The molecule has 17 heteroatoms. The molecule has 3 aromatic heterocycles. The Morgan fingerprint density at radius 2 is 1.51 bits per heavy atom. The van der Waals surface area contributed by atoms with E-state index in [1.54, 1.807) is 0 Å². The van der Waals surface area contributed by atoms with E-state index in [9.17, 15) is 19.8 Å². The van der Waals surface area contributed by atoms with E-state index in [0.29, 0.717) is 0 Å². The lowest BCUT2D eigenvalue weighted by molar-refractivity contribution is -0.0462. The minimum Gasteiger partial charge on any atom is -0.394 e. The van der Waals surface area contributed by atoms with Crippen molar-refractivity contribution in [3.8, 4) is 0 Å². The summed E-state index contributed by atoms with van der Waals surface area (Å²) in [5.41, 5.74) is 10.2. The number of aliphatic hydroxyl groups is 4. The van der Waals surface area contributed by atoms with Gasteiger partial charge in [-0.1, -0.05) is 0 Å². The first-order chi connectivity index (χ1) is 16.7. The number of imidazole rings is 1. The van der Waals surface area contributed by atoms with Gasteiger partial charge < -0.3 is 41.4 Å². The zero-order valence-electron chi connectivity index (χ0n) is 18.2. The molecule has 0 amide bonds. The van der Waals surface area contributed by atoms with Gasteiger partial charge >= 0.3 is 5.69 Å². The third-order valence-electron chi connectivity index (χ3n) is 5.58. The van der Waals surface area contributed by atoms with Crippen LogP contribution in [-0.2, 0) is 9.47 Å². The fourth-order valence-corrected chi connectivity index (χ4v) is 3.81. The van der Waals surface area contributed by atoms with E-state index in [4.69, 9.17) is 31.2 Å². The number of nitrogens with zero attached hydrogens (tertiary/aromatic N) is 6. The van der Waals surface area contributed by atoms with E-state index in [1.165, 1.54) is 17.2 Å². The summed E-state index contributed by atoms with van der Waals surface area (Å²) in [6.07, 6.45) is -1.01. The zero-order chi connectivity index (χ0) is 25.3. The second-order valence-corrected chi connectivity index (χ2v) is 7.91. The summed E-state index contributed by atoms with van der Waals surface area (Å²) in [5, 5.41) is 37.2. The molecule has 2 aliphatic rings. The second kappa shape index (κ2) is 10.0. The molecule has 0 aliphatic carbocycles. The van der Waals surface area contributed by atoms with Crippen molar-refractivity contribution in [1.29, 1.82) is 0 Å². The molecule has 0 saturated carbocycles. The number of H-pyrrole nitrogens is 1. The second-order valence-electron chi connectivity index (χ2n) is 7.91. The minimum absolute atomic E-state index is 0.0171. The van der Waals surface area contributed by atoms with Crippen molar-refractivity contribution in [2.75, 3.05) is 24.7 Å². The lowest BCUT2D eigenvalue weighted by Gasteiger charge is -2.13. The van der Waals surface area contributed by atoms with Crippen molar-refractivity contribution in [2.45, 2.75) is 49.7 Å². The average Bonchev–Trinajstić information content (AvgIpc) is 3.50. The largest absolute Gasteiger partial charge is 0.394 e. The van der Waals surface area contributed by atoms with E-state index in [2.05, 4.69) is 24.9 Å². The van der Waals surface area contributed by atoms with E-state index in [1.807, 2.05) is 0 Å². The van der Waals surface area contributed by atoms with Gasteiger partial charge in [0.25, 0.3) is 5.56 Å². The van der Waals surface area contributed by atoms with E-state index < -0.39 is 48.1 Å². The van der Waals surface area contributed by atoms with Crippen LogP contribution in [0.25, 0.3) is 11.2 Å². The molecule has 2 aliphatic heterocycles. The molecular formula is C18H25N9O8. The molecule has 17 nitrogen and oxygen atoms in total. The van der Waals surface area contributed by atoms with Gasteiger partial charge in [0.1, 0.15) is 31.0 Å². The maximum Gasteiger partial charge on any atom is 0.354 e. The van der Waals surface area contributed by atoms with Gasteiger partial charge in [-0.05, 0) is 0 Å². The Kier molecular flexibility index (Phi) is 7.05. The van der Waals surface area contributed by atoms with Crippen LogP contribution < -0.4 is 22.7 Å². The Morgan fingerprint density at radius 1 is 0.943 bits per heavy atom. The standard InChI is InChI=1S/C10H13N5O4.C8H12N4O4/c11-10-13-8-7(9(18)14-10)12-3-15(8)6-1-4(17)5(2-16)19-6;9-7-10-3-12(8(15)11-7)6-1-4(14)5(2-13)16-6/h3-6,16-17H,1-2H2,(H3,11,13,14,18);3-6,13-14H,1-2H2,(H2,9,11,15)/t4-,5+,6?;4-,5+,6+/m00/s1. The average molecular weight is 495 g/mol. The first-order valence-electron chi connectivity index (χ1n) is 10.5. The third kappa shape index (κ3) is 4.99. The van der Waals surface area contributed by atoms with Gasteiger partial charge in [0.2, 0.25) is 11.9 Å². The molecule has 5 rings (SSSR count). The molecule has 0 spiro atoms. The molecule has 35 heavy (non-hydrogen) atoms. The zero-order valence-corrected chi connectivity index (χ0v) is 18.2. The van der Waals surface area contributed by atoms with Gasteiger partial charge in [0, 0.05) is 12.8 Å². The maximum absolute atomic E-state index is 11.6. The molecule has 2 saturated heterocycles. The fourth-order valence-electron chi connectivity index (χ4n) is 3.81. The number of aromatic nitrogens is 7. The van der Waals surface area contributed by atoms with Crippen LogP contribution in [-0.4, -0.2) is 92.1 Å². The molecule has 5 heterocycles.